The van der Waals surface area contributed by atoms with Gasteiger partial charge in [0.25, 0.3) is 0 Å². The predicted octanol–water partition coefficient (Wildman–Crippen LogP) is 4.66. The third-order valence-electron chi connectivity index (χ3n) is 5.83. The topological polar surface area (TPSA) is 90.3 Å². The highest BCUT2D eigenvalue weighted by molar-refractivity contribution is 7.89. The number of aromatic nitrogens is 2. The van der Waals surface area contributed by atoms with Crippen molar-refractivity contribution in [3.8, 4) is 0 Å². The third kappa shape index (κ3) is 4.43. The molecule has 2 heterocycles. The molecule has 0 radical (unpaired) electrons. The summed E-state index contributed by atoms with van der Waals surface area (Å²) in [6.07, 6.45) is 1.65. The van der Waals surface area contributed by atoms with E-state index in [1.54, 1.807) is 19.2 Å². The van der Waals surface area contributed by atoms with Crippen LogP contribution >= 0.6 is 0 Å². The van der Waals surface area contributed by atoms with E-state index in [2.05, 4.69) is 9.71 Å². The Hall–Kier alpha value is -3.23. The van der Waals surface area contributed by atoms with E-state index in [1.807, 2.05) is 68.7 Å². The number of carbonyl (C=O) groups excluding carboxylic acids is 1. The molecule has 2 aromatic carbocycles. The smallest absolute Gasteiger partial charge is 0.356 e. The zero-order valence-electron chi connectivity index (χ0n) is 20.0. The number of carbonyl (C=O) groups is 1. The summed E-state index contributed by atoms with van der Waals surface area (Å²) in [5.41, 5.74) is 4.49. The maximum absolute atomic E-state index is 13.2. The fourth-order valence-electron chi connectivity index (χ4n) is 4.68. The first kappa shape index (κ1) is 23.9. The van der Waals surface area contributed by atoms with E-state index in [0.717, 1.165) is 38.5 Å². The molecule has 0 aliphatic carbocycles. The summed E-state index contributed by atoms with van der Waals surface area (Å²) >= 11 is 0. The number of esters is 1. The molecule has 2 aromatic heterocycles. The van der Waals surface area contributed by atoms with Gasteiger partial charge >= 0.3 is 5.97 Å². The monoisotopic (exact) mass is 479 g/mol. The Morgan fingerprint density at radius 2 is 1.74 bits per heavy atom. The van der Waals surface area contributed by atoms with Gasteiger partial charge in [-0.15, -0.1) is 0 Å². The maximum Gasteiger partial charge on any atom is 0.356 e. The van der Waals surface area contributed by atoms with E-state index in [-0.39, 0.29) is 12.3 Å². The van der Waals surface area contributed by atoms with Crippen molar-refractivity contribution in [3.63, 3.8) is 0 Å². The molecule has 0 fully saturated rings. The zero-order valence-corrected chi connectivity index (χ0v) is 20.9. The van der Waals surface area contributed by atoms with Crippen molar-refractivity contribution in [1.29, 1.82) is 0 Å². The lowest BCUT2D eigenvalue weighted by molar-refractivity contribution is 0.0519. The third-order valence-corrected chi connectivity index (χ3v) is 7.72. The van der Waals surface area contributed by atoms with Gasteiger partial charge in [-0.2, -0.15) is 0 Å². The number of fused-ring (bicyclic) bond motifs is 3. The second kappa shape index (κ2) is 9.19. The predicted molar refractivity (Wildman–Crippen MR) is 134 cm³/mol. The maximum atomic E-state index is 13.2. The molecule has 0 aliphatic heterocycles. The van der Waals surface area contributed by atoms with E-state index in [0.29, 0.717) is 11.4 Å². The first-order chi connectivity index (χ1) is 16.1. The Labute approximate surface area is 199 Å². The van der Waals surface area contributed by atoms with Crippen molar-refractivity contribution in [2.45, 2.75) is 52.1 Å². The minimum atomic E-state index is -3.71. The lowest BCUT2D eigenvalue weighted by Gasteiger charge is -2.19. The zero-order chi connectivity index (χ0) is 24.6. The van der Waals surface area contributed by atoms with E-state index in [9.17, 15) is 13.2 Å². The molecule has 8 heteroatoms. The largest absolute Gasteiger partial charge is 0.461 e. The molecule has 0 saturated carbocycles. The Morgan fingerprint density at radius 1 is 1.06 bits per heavy atom. The average Bonchev–Trinajstić information content (AvgIpc) is 3.05. The molecule has 0 spiro atoms. The minimum absolute atomic E-state index is 0.247. The molecule has 4 aromatic rings. The molecule has 1 unspecified atom stereocenters. The number of sulfonamides is 1. The van der Waals surface area contributed by atoms with Gasteiger partial charge in [0.15, 0.2) is 0 Å². The summed E-state index contributed by atoms with van der Waals surface area (Å²) in [7, 11) is -3.71. The van der Waals surface area contributed by atoms with Gasteiger partial charge in [0.05, 0.1) is 23.2 Å². The highest BCUT2D eigenvalue weighted by Gasteiger charge is 2.23. The van der Waals surface area contributed by atoms with Crippen molar-refractivity contribution in [1.82, 2.24) is 14.3 Å². The number of hydrogen-bond acceptors (Lipinski definition) is 5. The van der Waals surface area contributed by atoms with Crippen molar-refractivity contribution in [3.05, 3.63) is 71.0 Å². The van der Waals surface area contributed by atoms with Gasteiger partial charge in [-0.1, -0.05) is 35.9 Å². The van der Waals surface area contributed by atoms with Crippen LogP contribution in [0.2, 0.25) is 0 Å². The molecule has 0 amide bonds. The van der Waals surface area contributed by atoms with Crippen molar-refractivity contribution in [2.24, 2.45) is 0 Å². The Kier molecular flexibility index (Phi) is 6.47. The van der Waals surface area contributed by atoms with Crippen LogP contribution in [0.15, 0.2) is 53.6 Å². The number of benzene rings is 2. The van der Waals surface area contributed by atoms with E-state index >= 15 is 0 Å². The molecule has 1 atom stereocenters. The Balaban J connectivity index is 1.71. The van der Waals surface area contributed by atoms with Gasteiger partial charge in [-0.05, 0) is 57.9 Å². The number of rotatable bonds is 7. The number of nitrogens with zero attached hydrogens (tertiary/aromatic N) is 2. The number of para-hydroxylation sites is 1. The lowest BCUT2D eigenvalue weighted by Crippen LogP contribution is -2.36. The number of pyridine rings is 1. The van der Waals surface area contributed by atoms with Crippen LogP contribution in [0.5, 0.6) is 0 Å². The fourth-order valence-corrected chi connectivity index (χ4v) is 6.37. The highest BCUT2D eigenvalue weighted by atomic mass is 32.2. The number of aryl methyl sites for hydroxylation is 3. The SMILES string of the molecule is CCOC(=O)c1cc2c3ccccc3n(CC(C)NS(=O)(=O)c3c(C)cc(C)cc3C)c2cn1. The van der Waals surface area contributed by atoms with Crippen molar-refractivity contribution in [2.75, 3.05) is 6.61 Å². The van der Waals surface area contributed by atoms with Crippen LogP contribution in [0.25, 0.3) is 21.8 Å². The molecule has 4 rings (SSSR count). The fraction of sp³-hybridized carbons (Fsp3) is 0.308. The molecule has 1 N–H and O–H groups in total. The second-order valence-corrected chi connectivity index (χ2v) is 10.3. The summed E-state index contributed by atoms with van der Waals surface area (Å²) in [5, 5.41) is 1.83. The summed E-state index contributed by atoms with van der Waals surface area (Å²) in [4.78, 5) is 16.8. The molecule has 7 nitrogen and oxygen atoms in total. The molecule has 0 bridgehead atoms. The van der Waals surface area contributed by atoms with Crippen LogP contribution in [0.1, 0.15) is 41.0 Å². The van der Waals surface area contributed by atoms with Gasteiger partial charge in [0.1, 0.15) is 5.69 Å². The van der Waals surface area contributed by atoms with Gasteiger partial charge in [0, 0.05) is 28.9 Å². The summed E-state index contributed by atoms with van der Waals surface area (Å²) < 4.78 is 36.5. The van der Waals surface area contributed by atoms with Gasteiger partial charge in [0.2, 0.25) is 10.0 Å². The van der Waals surface area contributed by atoms with Crippen molar-refractivity contribution < 1.29 is 17.9 Å². The van der Waals surface area contributed by atoms with Crippen LogP contribution in [-0.4, -0.2) is 36.6 Å². The van der Waals surface area contributed by atoms with Crippen LogP contribution in [0, 0.1) is 20.8 Å². The minimum Gasteiger partial charge on any atom is -0.461 e. The summed E-state index contributed by atoms with van der Waals surface area (Å²) in [6, 6.07) is 12.9. The molecule has 178 valence electrons. The highest BCUT2D eigenvalue weighted by Crippen LogP contribution is 2.30. The first-order valence-electron chi connectivity index (χ1n) is 11.3. The molecular formula is C26H29N3O4S. The number of hydrogen-bond donors (Lipinski definition) is 1. The first-order valence-corrected chi connectivity index (χ1v) is 12.7. The van der Waals surface area contributed by atoms with Crippen LogP contribution in [0.4, 0.5) is 0 Å². The van der Waals surface area contributed by atoms with E-state index in [4.69, 9.17) is 4.74 Å². The number of ether oxygens (including phenoxy) is 1. The van der Waals surface area contributed by atoms with Crippen LogP contribution in [0.3, 0.4) is 0 Å². The standard InChI is InChI=1S/C26H29N3O4S/c1-6-33-26(30)22-13-21-20-9-7-8-10-23(20)29(24(21)14-27-22)15-19(5)28-34(31,32)25-17(3)11-16(2)12-18(25)4/h7-14,19,28H,6,15H2,1-5H3. The van der Waals surface area contributed by atoms with Gasteiger partial charge < -0.3 is 9.30 Å². The number of nitrogens with one attached hydrogen (secondary N) is 1. The molecule has 34 heavy (non-hydrogen) atoms. The summed E-state index contributed by atoms with van der Waals surface area (Å²) in [6.45, 7) is 9.86. The Morgan fingerprint density at radius 3 is 2.41 bits per heavy atom. The Bertz CT molecular complexity index is 1480. The molecular weight excluding hydrogens is 450 g/mol. The normalized spacial score (nSPS) is 12.9. The molecule has 0 aliphatic rings. The lowest BCUT2D eigenvalue weighted by atomic mass is 10.1. The van der Waals surface area contributed by atoms with Gasteiger partial charge in [-0.3, -0.25) is 0 Å². The van der Waals surface area contributed by atoms with Gasteiger partial charge in [-0.25, -0.2) is 22.9 Å². The quantitative estimate of drug-likeness (QED) is 0.390. The summed E-state index contributed by atoms with van der Waals surface area (Å²) in [5.74, 6) is -0.466. The van der Waals surface area contributed by atoms with Crippen LogP contribution in [-0.2, 0) is 21.3 Å². The average molecular weight is 480 g/mol. The van der Waals surface area contributed by atoms with E-state index < -0.39 is 22.0 Å². The van der Waals surface area contributed by atoms with Crippen LogP contribution < -0.4 is 4.72 Å². The van der Waals surface area contributed by atoms with Crippen molar-refractivity contribution >= 4 is 37.8 Å². The second-order valence-electron chi connectivity index (χ2n) is 8.69. The molecule has 0 saturated heterocycles. The van der Waals surface area contributed by atoms with E-state index in [1.165, 1.54) is 0 Å².